The highest BCUT2D eigenvalue weighted by Crippen LogP contribution is 2.22. The van der Waals surface area contributed by atoms with Crippen LogP contribution >= 0.6 is 15.9 Å². The maximum Gasteiger partial charge on any atom is 0.255 e. The Labute approximate surface area is 135 Å². The summed E-state index contributed by atoms with van der Waals surface area (Å²) in [6.45, 7) is 10.00. The number of halogens is 2. The van der Waals surface area contributed by atoms with Crippen molar-refractivity contribution in [3.05, 3.63) is 34.1 Å². The van der Waals surface area contributed by atoms with Crippen LogP contribution < -0.4 is 0 Å². The van der Waals surface area contributed by atoms with Crippen molar-refractivity contribution in [3.63, 3.8) is 0 Å². The first-order valence-corrected chi connectivity index (χ1v) is 8.35. The van der Waals surface area contributed by atoms with Crippen LogP contribution in [0.5, 0.6) is 0 Å². The molecule has 0 unspecified atom stereocenters. The van der Waals surface area contributed by atoms with Crippen LogP contribution in [0.2, 0.25) is 0 Å². The van der Waals surface area contributed by atoms with Gasteiger partial charge in [-0.05, 0) is 52.7 Å². The molecule has 1 aromatic carbocycles. The van der Waals surface area contributed by atoms with E-state index in [2.05, 4.69) is 43.6 Å². The van der Waals surface area contributed by atoms with Gasteiger partial charge in [0.25, 0.3) is 5.91 Å². The molecule has 0 aliphatic carbocycles. The zero-order valence-electron chi connectivity index (χ0n) is 13.3. The first-order valence-electron chi connectivity index (χ1n) is 7.56. The molecule has 0 aromatic heterocycles. The molecule has 2 nitrogen and oxygen atoms in total. The summed E-state index contributed by atoms with van der Waals surface area (Å²) in [6.07, 6.45) is 1.91. The molecule has 1 amide bonds. The molecule has 0 saturated heterocycles. The van der Waals surface area contributed by atoms with Crippen LogP contribution in [0.4, 0.5) is 4.39 Å². The standard InChI is InChI=1S/C17H25BrFNO/c1-12(2)8-10-20(11-9-13(3)4)17(21)14-6-5-7-15(19)16(14)18/h5-7,12-13H,8-11H2,1-4H3. The maximum absolute atomic E-state index is 13.6. The number of rotatable bonds is 7. The number of benzene rings is 1. The van der Waals surface area contributed by atoms with E-state index in [1.807, 2.05) is 4.90 Å². The van der Waals surface area contributed by atoms with Gasteiger partial charge in [-0.1, -0.05) is 33.8 Å². The van der Waals surface area contributed by atoms with E-state index in [-0.39, 0.29) is 10.4 Å². The van der Waals surface area contributed by atoms with Crippen molar-refractivity contribution in [2.24, 2.45) is 11.8 Å². The van der Waals surface area contributed by atoms with Crippen LogP contribution in [0.1, 0.15) is 50.9 Å². The van der Waals surface area contributed by atoms with Crippen LogP contribution in [0, 0.1) is 17.7 Å². The van der Waals surface area contributed by atoms with Crippen molar-refractivity contribution in [3.8, 4) is 0 Å². The Morgan fingerprint density at radius 3 is 2.14 bits per heavy atom. The predicted octanol–water partition coefficient (Wildman–Crippen LogP) is 5.12. The molecule has 0 fully saturated rings. The van der Waals surface area contributed by atoms with Gasteiger partial charge in [0.1, 0.15) is 5.82 Å². The molecular weight excluding hydrogens is 333 g/mol. The van der Waals surface area contributed by atoms with Crippen LogP contribution in [-0.2, 0) is 0 Å². The van der Waals surface area contributed by atoms with Gasteiger partial charge in [-0.15, -0.1) is 0 Å². The quantitative estimate of drug-likeness (QED) is 0.662. The van der Waals surface area contributed by atoms with E-state index in [9.17, 15) is 9.18 Å². The molecule has 0 N–H and O–H groups in total. The summed E-state index contributed by atoms with van der Waals surface area (Å²) < 4.78 is 13.9. The van der Waals surface area contributed by atoms with Gasteiger partial charge in [0.15, 0.2) is 0 Å². The third-order valence-corrected chi connectivity index (χ3v) is 4.23. The van der Waals surface area contributed by atoms with Crippen molar-refractivity contribution >= 4 is 21.8 Å². The van der Waals surface area contributed by atoms with Crippen LogP contribution in [0.25, 0.3) is 0 Å². The van der Waals surface area contributed by atoms with Gasteiger partial charge in [0.05, 0.1) is 10.0 Å². The lowest BCUT2D eigenvalue weighted by Crippen LogP contribution is -2.34. The molecule has 118 valence electrons. The average molecular weight is 358 g/mol. The third-order valence-electron chi connectivity index (χ3n) is 3.42. The Hall–Kier alpha value is -0.900. The van der Waals surface area contributed by atoms with Crippen molar-refractivity contribution in [1.29, 1.82) is 0 Å². The number of carbonyl (C=O) groups is 1. The second-order valence-corrected chi connectivity index (χ2v) is 7.05. The molecule has 0 saturated carbocycles. The summed E-state index contributed by atoms with van der Waals surface area (Å²) in [4.78, 5) is 14.5. The largest absolute Gasteiger partial charge is 0.339 e. The molecule has 21 heavy (non-hydrogen) atoms. The van der Waals surface area contributed by atoms with Gasteiger partial charge >= 0.3 is 0 Å². The SMILES string of the molecule is CC(C)CCN(CCC(C)C)C(=O)c1cccc(F)c1Br. The van der Waals surface area contributed by atoms with E-state index < -0.39 is 5.82 Å². The van der Waals surface area contributed by atoms with E-state index in [0.717, 1.165) is 12.8 Å². The zero-order chi connectivity index (χ0) is 16.0. The van der Waals surface area contributed by atoms with Crippen molar-refractivity contribution in [1.82, 2.24) is 4.90 Å². The first-order chi connectivity index (χ1) is 9.82. The normalized spacial score (nSPS) is 11.2. The molecule has 1 rings (SSSR count). The molecule has 0 aliphatic heterocycles. The molecule has 0 bridgehead atoms. The Balaban J connectivity index is 2.89. The van der Waals surface area contributed by atoms with Gasteiger partial charge in [-0.25, -0.2) is 4.39 Å². The van der Waals surface area contributed by atoms with Gasteiger partial charge in [0.2, 0.25) is 0 Å². The second-order valence-electron chi connectivity index (χ2n) is 6.26. The minimum atomic E-state index is -0.395. The average Bonchev–Trinajstić information content (AvgIpc) is 2.40. The summed E-state index contributed by atoms with van der Waals surface area (Å²) in [5, 5.41) is 0. The minimum absolute atomic E-state index is 0.0947. The van der Waals surface area contributed by atoms with Gasteiger partial charge in [-0.2, -0.15) is 0 Å². The Kier molecular flexibility index (Phi) is 7.36. The van der Waals surface area contributed by atoms with Gasteiger partial charge in [-0.3, -0.25) is 4.79 Å². The molecule has 0 aliphatic rings. The van der Waals surface area contributed by atoms with E-state index in [1.165, 1.54) is 6.07 Å². The predicted molar refractivity (Wildman–Crippen MR) is 88.9 cm³/mol. The van der Waals surface area contributed by atoms with E-state index >= 15 is 0 Å². The summed E-state index contributed by atoms with van der Waals surface area (Å²) in [5.41, 5.74) is 0.405. The smallest absolute Gasteiger partial charge is 0.255 e. The molecule has 0 heterocycles. The fourth-order valence-corrected chi connectivity index (χ4v) is 2.42. The lowest BCUT2D eigenvalue weighted by Gasteiger charge is -2.25. The van der Waals surface area contributed by atoms with Crippen LogP contribution in [0.15, 0.2) is 22.7 Å². The summed E-state index contributed by atoms with van der Waals surface area (Å²) in [5.74, 6) is 0.585. The fraction of sp³-hybridized carbons (Fsp3) is 0.588. The topological polar surface area (TPSA) is 20.3 Å². The molecule has 4 heteroatoms. The number of carbonyl (C=O) groups excluding carboxylic acids is 1. The number of amides is 1. The number of nitrogens with zero attached hydrogens (tertiary/aromatic N) is 1. The first kappa shape index (κ1) is 18.1. The summed E-state index contributed by atoms with van der Waals surface area (Å²) in [7, 11) is 0. The van der Waals surface area contributed by atoms with Gasteiger partial charge < -0.3 is 4.90 Å². The summed E-state index contributed by atoms with van der Waals surface area (Å²) in [6, 6.07) is 4.61. The van der Waals surface area contributed by atoms with Crippen molar-refractivity contribution in [2.75, 3.05) is 13.1 Å². The fourth-order valence-electron chi connectivity index (χ4n) is 1.98. The Morgan fingerprint density at radius 2 is 1.67 bits per heavy atom. The third kappa shape index (κ3) is 5.77. The highest BCUT2D eigenvalue weighted by molar-refractivity contribution is 9.10. The maximum atomic E-state index is 13.6. The van der Waals surface area contributed by atoms with Crippen molar-refractivity contribution < 1.29 is 9.18 Å². The van der Waals surface area contributed by atoms with E-state index in [1.54, 1.807) is 12.1 Å². The lowest BCUT2D eigenvalue weighted by molar-refractivity contribution is 0.0739. The van der Waals surface area contributed by atoms with Crippen LogP contribution in [0.3, 0.4) is 0 Å². The molecule has 1 aromatic rings. The molecule has 0 spiro atoms. The van der Waals surface area contributed by atoms with E-state index in [4.69, 9.17) is 0 Å². The zero-order valence-corrected chi connectivity index (χ0v) is 14.9. The van der Waals surface area contributed by atoms with Crippen molar-refractivity contribution in [2.45, 2.75) is 40.5 Å². The van der Waals surface area contributed by atoms with Gasteiger partial charge in [0, 0.05) is 13.1 Å². The highest BCUT2D eigenvalue weighted by Gasteiger charge is 2.20. The van der Waals surface area contributed by atoms with Crippen LogP contribution in [-0.4, -0.2) is 23.9 Å². The second kappa shape index (κ2) is 8.52. The van der Waals surface area contributed by atoms with E-state index in [0.29, 0.717) is 30.5 Å². The lowest BCUT2D eigenvalue weighted by atomic mass is 10.1. The summed E-state index contributed by atoms with van der Waals surface area (Å²) >= 11 is 3.19. The molecule has 0 radical (unpaired) electrons. The molecular formula is C17H25BrFNO. The highest BCUT2D eigenvalue weighted by atomic mass is 79.9. The minimum Gasteiger partial charge on any atom is -0.339 e. The Morgan fingerprint density at radius 1 is 1.14 bits per heavy atom. The molecule has 0 atom stereocenters. The monoisotopic (exact) mass is 357 g/mol. The number of hydrogen-bond donors (Lipinski definition) is 0. The Bertz CT molecular complexity index is 462. The number of hydrogen-bond acceptors (Lipinski definition) is 1.